The largest absolute Gasteiger partial charge is 0.385 e. The zero-order chi connectivity index (χ0) is 12.3. The molecule has 5 heteroatoms. The first-order valence-electron chi connectivity index (χ1n) is 6.02. The molecule has 96 valence electrons. The van der Waals surface area contributed by atoms with Gasteiger partial charge in [0.05, 0.1) is 0 Å². The van der Waals surface area contributed by atoms with Crippen LogP contribution in [-0.4, -0.2) is 23.5 Å². The van der Waals surface area contributed by atoms with Gasteiger partial charge in [-0.2, -0.15) is 11.8 Å². The summed E-state index contributed by atoms with van der Waals surface area (Å²) >= 11 is 1.93. The molecule has 0 saturated carbocycles. The van der Waals surface area contributed by atoms with Gasteiger partial charge in [-0.1, -0.05) is 12.8 Å². The third-order valence-electron chi connectivity index (χ3n) is 2.51. The Kier molecular flexibility index (Phi) is 7.58. The van der Waals surface area contributed by atoms with Gasteiger partial charge in [-0.3, -0.25) is 0 Å². The topological polar surface area (TPSA) is 63.0 Å². The predicted octanol–water partition coefficient (Wildman–Crippen LogP) is 2.70. The molecule has 0 aromatic carbocycles. The Balaban J connectivity index is 2.09. The van der Waals surface area contributed by atoms with Crippen LogP contribution in [0.3, 0.4) is 0 Å². The molecule has 0 aliphatic heterocycles. The molecule has 1 aromatic rings. The summed E-state index contributed by atoms with van der Waals surface area (Å²) in [5.41, 5.74) is 3.61. The Morgan fingerprint density at radius 1 is 1.29 bits per heavy atom. The molecule has 0 aliphatic carbocycles. The molecule has 1 aromatic heterocycles. The third-order valence-corrected chi connectivity index (χ3v) is 3.21. The van der Waals surface area contributed by atoms with E-state index in [2.05, 4.69) is 22.0 Å². The van der Waals surface area contributed by atoms with Crippen LogP contribution in [0.2, 0.25) is 0 Å². The highest BCUT2D eigenvalue weighted by molar-refractivity contribution is 7.98. The zero-order valence-electron chi connectivity index (χ0n) is 10.4. The van der Waals surface area contributed by atoms with Gasteiger partial charge in [-0.25, -0.2) is 10.8 Å². The smallest absolute Gasteiger partial charge is 0.141 e. The molecule has 0 amide bonds. The maximum Gasteiger partial charge on any atom is 0.141 e. The molecule has 0 fully saturated rings. The van der Waals surface area contributed by atoms with Crippen molar-refractivity contribution in [1.29, 1.82) is 0 Å². The predicted molar refractivity (Wildman–Crippen MR) is 77.4 cm³/mol. The number of nitrogens with one attached hydrogen (secondary N) is 2. The summed E-state index contributed by atoms with van der Waals surface area (Å²) in [5.74, 6) is 7.27. The molecule has 0 radical (unpaired) electrons. The maximum absolute atomic E-state index is 5.30. The van der Waals surface area contributed by atoms with Gasteiger partial charge in [0, 0.05) is 24.5 Å². The maximum atomic E-state index is 5.30. The molecule has 17 heavy (non-hydrogen) atoms. The van der Waals surface area contributed by atoms with Crippen molar-refractivity contribution in [2.45, 2.75) is 25.7 Å². The van der Waals surface area contributed by atoms with Crippen LogP contribution in [0.4, 0.5) is 11.5 Å². The van der Waals surface area contributed by atoms with Crippen molar-refractivity contribution in [2.75, 3.05) is 29.3 Å². The molecule has 0 saturated heterocycles. The number of nitrogen functional groups attached to an aromatic ring is 1. The van der Waals surface area contributed by atoms with E-state index in [1.807, 2.05) is 23.9 Å². The summed E-state index contributed by atoms with van der Waals surface area (Å²) in [6.45, 7) is 1.01. The number of unbranched alkanes of at least 4 members (excludes halogenated alkanes) is 3. The van der Waals surface area contributed by atoms with Gasteiger partial charge in [0.15, 0.2) is 0 Å². The lowest BCUT2D eigenvalue weighted by molar-refractivity contribution is 0.689. The van der Waals surface area contributed by atoms with Crippen LogP contribution in [0.5, 0.6) is 0 Å². The molecule has 4 N–H and O–H groups in total. The van der Waals surface area contributed by atoms with E-state index >= 15 is 0 Å². The minimum absolute atomic E-state index is 0.690. The third kappa shape index (κ3) is 6.38. The highest BCUT2D eigenvalue weighted by Crippen LogP contribution is 2.11. The van der Waals surface area contributed by atoms with E-state index in [1.54, 1.807) is 6.20 Å². The number of pyridine rings is 1. The SMILES string of the molecule is CSCCCCCCNc1ccnc(NN)c1. The molecule has 0 atom stereocenters. The van der Waals surface area contributed by atoms with Crippen molar-refractivity contribution in [3.05, 3.63) is 18.3 Å². The number of hydrazine groups is 1. The van der Waals surface area contributed by atoms with Gasteiger partial charge in [-0.15, -0.1) is 0 Å². The molecule has 1 heterocycles. The second kappa shape index (κ2) is 9.13. The van der Waals surface area contributed by atoms with Crippen LogP contribution in [0.15, 0.2) is 18.3 Å². The van der Waals surface area contributed by atoms with Crippen molar-refractivity contribution in [3.8, 4) is 0 Å². The van der Waals surface area contributed by atoms with Crippen molar-refractivity contribution in [3.63, 3.8) is 0 Å². The Bertz CT molecular complexity index is 306. The van der Waals surface area contributed by atoms with Crippen molar-refractivity contribution < 1.29 is 0 Å². The minimum atomic E-state index is 0.690. The molecule has 0 spiro atoms. The van der Waals surface area contributed by atoms with E-state index in [4.69, 9.17) is 5.84 Å². The zero-order valence-corrected chi connectivity index (χ0v) is 11.2. The molecule has 0 bridgehead atoms. The second-order valence-corrected chi connectivity index (χ2v) is 4.89. The summed E-state index contributed by atoms with van der Waals surface area (Å²) in [4.78, 5) is 4.06. The molecule has 0 aliphatic rings. The summed E-state index contributed by atoms with van der Waals surface area (Å²) < 4.78 is 0. The van der Waals surface area contributed by atoms with Crippen molar-refractivity contribution in [2.24, 2.45) is 5.84 Å². The van der Waals surface area contributed by atoms with E-state index in [9.17, 15) is 0 Å². The van der Waals surface area contributed by atoms with Crippen LogP contribution in [0.25, 0.3) is 0 Å². The van der Waals surface area contributed by atoms with Gasteiger partial charge in [0.25, 0.3) is 0 Å². The highest BCUT2D eigenvalue weighted by atomic mass is 32.2. The number of hydrogen-bond acceptors (Lipinski definition) is 5. The quantitative estimate of drug-likeness (QED) is 0.359. The molecular weight excluding hydrogens is 232 g/mol. The van der Waals surface area contributed by atoms with Crippen LogP contribution < -0.4 is 16.6 Å². The van der Waals surface area contributed by atoms with E-state index in [1.165, 1.54) is 31.4 Å². The van der Waals surface area contributed by atoms with Crippen molar-refractivity contribution >= 4 is 23.3 Å². The first-order valence-corrected chi connectivity index (χ1v) is 7.41. The van der Waals surface area contributed by atoms with Crippen LogP contribution >= 0.6 is 11.8 Å². The molecular formula is C12H22N4S. The Morgan fingerprint density at radius 2 is 2.12 bits per heavy atom. The minimum Gasteiger partial charge on any atom is -0.385 e. The first-order chi connectivity index (χ1) is 8.36. The summed E-state index contributed by atoms with van der Waals surface area (Å²) in [6, 6.07) is 3.86. The molecule has 0 unspecified atom stereocenters. The van der Waals surface area contributed by atoms with E-state index < -0.39 is 0 Å². The molecule has 4 nitrogen and oxygen atoms in total. The average Bonchev–Trinajstić information content (AvgIpc) is 2.38. The fourth-order valence-corrected chi connectivity index (χ4v) is 2.07. The number of rotatable bonds is 9. The number of nitrogens with zero attached hydrogens (tertiary/aromatic N) is 1. The Morgan fingerprint density at radius 3 is 2.88 bits per heavy atom. The van der Waals surface area contributed by atoms with Crippen LogP contribution in [0.1, 0.15) is 25.7 Å². The number of nitrogens with two attached hydrogens (primary N) is 1. The Labute approximate surface area is 108 Å². The lowest BCUT2D eigenvalue weighted by atomic mass is 10.2. The lowest BCUT2D eigenvalue weighted by Crippen LogP contribution is -2.09. The molecule has 1 rings (SSSR count). The van der Waals surface area contributed by atoms with Crippen LogP contribution in [0, 0.1) is 0 Å². The Hall–Kier alpha value is -0.940. The number of aromatic nitrogens is 1. The van der Waals surface area contributed by atoms with Crippen LogP contribution in [-0.2, 0) is 0 Å². The van der Waals surface area contributed by atoms with Gasteiger partial charge in [0.1, 0.15) is 5.82 Å². The van der Waals surface area contributed by atoms with Gasteiger partial charge >= 0.3 is 0 Å². The summed E-state index contributed by atoms with van der Waals surface area (Å²) in [6.07, 6.45) is 9.07. The van der Waals surface area contributed by atoms with E-state index in [0.717, 1.165) is 12.2 Å². The van der Waals surface area contributed by atoms with Gasteiger partial charge < -0.3 is 10.7 Å². The average molecular weight is 254 g/mol. The summed E-state index contributed by atoms with van der Waals surface area (Å²) in [5, 5.41) is 3.37. The number of anilines is 2. The number of thioether (sulfide) groups is 1. The fourth-order valence-electron chi connectivity index (χ4n) is 1.58. The first kappa shape index (κ1) is 14.1. The highest BCUT2D eigenvalue weighted by Gasteiger charge is 1.95. The fraction of sp³-hybridized carbons (Fsp3) is 0.583. The summed E-state index contributed by atoms with van der Waals surface area (Å²) in [7, 11) is 0. The van der Waals surface area contributed by atoms with Gasteiger partial charge in [0.2, 0.25) is 0 Å². The standard InChI is InChI=1S/C12H22N4S/c1-17-9-5-3-2-4-7-14-11-6-8-15-12(10-11)16-13/h6,8,10H,2-5,7,9,13H2,1H3,(H2,14,15,16). The monoisotopic (exact) mass is 254 g/mol. The number of hydrogen-bond donors (Lipinski definition) is 3. The van der Waals surface area contributed by atoms with E-state index in [0.29, 0.717) is 5.82 Å². The normalized spacial score (nSPS) is 10.2. The second-order valence-electron chi connectivity index (χ2n) is 3.91. The van der Waals surface area contributed by atoms with Gasteiger partial charge in [-0.05, 0) is 30.9 Å². The van der Waals surface area contributed by atoms with E-state index in [-0.39, 0.29) is 0 Å². The lowest BCUT2D eigenvalue weighted by Gasteiger charge is -2.07. The van der Waals surface area contributed by atoms with Crippen molar-refractivity contribution in [1.82, 2.24) is 4.98 Å².